The first-order valence-corrected chi connectivity index (χ1v) is 9.99. The van der Waals surface area contributed by atoms with Crippen LogP contribution in [0.3, 0.4) is 0 Å². The number of amides is 1. The van der Waals surface area contributed by atoms with E-state index in [1.54, 1.807) is 6.07 Å². The summed E-state index contributed by atoms with van der Waals surface area (Å²) in [5, 5.41) is 16.1. The van der Waals surface area contributed by atoms with Gasteiger partial charge in [0.15, 0.2) is 0 Å². The second-order valence-corrected chi connectivity index (χ2v) is 7.26. The Morgan fingerprint density at radius 3 is 2.77 bits per heavy atom. The molecule has 2 aromatic heterocycles. The maximum absolute atomic E-state index is 13.0. The van der Waals surface area contributed by atoms with E-state index in [9.17, 15) is 4.79 Å². The number of aliphatic hydroxyl groups is 1. The molecule has 9 nitrogen and oxygen atoms in total. The Balaban J connectivity index is 1.60. The van der Waals surface area contributed by atoms with Crippen molar-refractivity contribution in [1.29, 1.82) is 0 Å². The molecular weight excluding hydrogens is 384 g/mol. The number of ether oxygens (including phenoxy) is 1. The molecule has 1 amide bonds. The average molecular weight is 410 g/mol. The van der Waals surface area contributed by atoms with Gasteiger partial charge in [-0.1, -0.05) is 0 Å². The number of aliphatic hydroxyl groups excluding tert-OH is 1. The average Bonchev–Trinajstić information content (AvgIpc) is 3.05. The molecular formula is C21H26N6O3. The van der Waals surface area contributed by atoms with E-state index >= 15 is 0 Å². The van der Waals surface area contributed by atoms with Crippen LogP contribution in [0.5, 0.6) is 0 Å². The molecule has 0 unspecified atom stereocenters. The molecule has 0 aliphatic carbocycles. The molecule has 0 spiro atoms. The van der Waals surface area contributed by atoms with Crippen molar-refractivity contribution in [2.45, 2.75) is 6.92 Å². The molecule has 0 bridgehead atoms. The lowest BCUT2D eigenvalue weighted by molar-refractivity contribution is 0.102. The van der Waals surface area contributed by atoms with Crippen LogP contribution < -0.4 is 15.5 Å². The molecule has 3 aromatic rings. The minimum absolute atomic E-state index is 0.0328. The summed E-state index contributed by atoms with van der Waals surface area (Å²) >= 11 is 0. The molecule has 30 heavy (non-hydrogen) atoms. The number of morpholine rings is 1. The van der Waals surface area contributed by atoms with Crippen LogP contribution >= 0.6 is 0 Å². The number of aryl methyl sites for hydroxylation is 2. The number of hydrogen-bond donors (Lipinski definition) is 3. The third kappa shape index (κ3) is 4.22. The van der Waals surface area contributed by atoms with Crippen molar-refractivity contribution < 1.29 is 14.6 Å². The van der Waals surface area contributed by atoms with Crippen molar-refractivity contribution in [3.05, 3.63) is 41.7 Å². The topological polar surface area (TPSA) is 105 Å². The van der Waals surface area contributed by atoms with E-state index in [0.29, 0.717) is 50.3 Å². The van der Waals surface area contributed by atoms with Gasteiger partial charge in [-0.2, -0.15) is 4.98 Å². The molecule has 3 heterocycles. The Kier molecular flexibility index (Phi) is 5.82. The monoisotopic (exact) mass is 410 g/mol. The summed E-state index contributed by atoms with van der Waals surface area (Å²) in [6.45, 7) is 4.86. The Morgan fingerprint density at radius 2 is 2.00 bits per heavy atom. The van der Waals surface area contributed by atoms with Crippen molar-refractivity contribution in [3.63, 3.8) is 0 Å². The number of fused-ring (bicyclic) bond motifs is 1. The van der Waals surface area contributed by atoms with Crippen LogP contribution in [0.4, 0.5) is 17.5 Å². The van der Waals surface area contributed by atoms with Crippen molar-refractivity contribution >= 4 is 34.3 Å². The van der Waals surface area contributed by atoms with Crippen LogP contribution in [0.15, 0.2) is 30.3 Å². The molecule has 3 N–H and O–H groups in total. The normalized spacial score (nSPS) is 14.2. The molecule has 158 valence electrons. The number of rotatable bonds is 6. The van der Waals surface area contributed by atoms with Crippen LogP contribution in [0.25, 0.3) is 10.9 Å². The molecule has 1 aromatic carbocycles. The summed E-state index contributed by atoms with van der Waals surface area (Å²) in [6, 6.07) is 9.51. The van der Waals surface area contributed by atoms with Crippen molar-refractivity contribution in [1.82, 2.24) is 14.5 Å². The summed E-state index contributed by atoms with van der Waals surface area (Å²) in [6.07, 6.45) is 0. The molecule has 1 aliphatic rings. The van der Waals surface area contributed by atoms with Crippen LogP contribution in [0.2, 0.25) is 0 Å². The minimum Gasteiger partial charge on any atom is -0.395 e. The summed E-state index contributed by atoms with van der Waals surface area (Å²) in [5.74, 6) is 0.659. The summed E-state index contributed by atoms with van der Waals surface area (Å²) in [5.41, 5.74) is 3.22. The largest absolute Gasteiger partial charge is 0.395 e. The number of nitrogens with one attached hydrogen (secondary N) is 2. The van der Waals surface area contributed by atoms with Gasteiger partial charge in [-0.25, -0.2) is 4.98 Å². The van der Waals surface area contributed by atoms with Gasteiger partial charge in [0.05, 0.1) is 19.8 Å². The van der Waals surface area contributed by atoms with Gasteiger partial charge in [-0.15, -0.1) is 0 Å². The highest BCUT2D eigenvalue weighted by atomic mass is 16.5. The zero-order valence-corrected chi connectivity index (χ0v) is 17.2. The Bertz CT molecular complexity index is 1060. The van der Waals surface area contributed by atoms with Crippen molar-refractivity contribution in [2.24, 2.45) is 7.05 Å². The third-order valence-corrected chi connectivity index (χ3v) is 5.20. The van der Waals surface area contributed by atoms with Gasteiger partial charge in [-0.3, -0.25) is 4.79 Å². The van der Waals surface area contributed by atoms with Gasteiger partial charge in [0.25, 0.3) is 5.91 Å². The number of hydrogen-bond acceptors (Lipinski definition) is 7. The van der Waals surface area contributed by atoms with E-state index in [-0.39, 0.29) is 18.2 Å². The molecule has 1 fully saturated rings. The standard InChI is InChI=1S/C21H26N6O3/c1-14-11-15-12-16(3-4-18(15)26(14)2)23-20(29)17-13-19(22-5-8-28)25-21(24-17)27-6-9-30-10-7-27/h3-4,11-13,28H,5-10H2,1-2H3,(H,23,29)(H,22,24,25). The third-order valence-electron chi connectivity index (χ3n) is 5.20. The Labute approximate surface area is 174 Å². The number of carbonyl (C=O) groups excluding carboxylic acids is 1. The van der Waals surface area contributed by atoms with Crippen molar-refractivity contribution in [2.75, 3.05) is 55.0 Å². The van der Waals surface area contributed by atoms with Gasteiger partial charge in [0.1, 0.15) is 11.5 Å². The molecule has 0 saturated carbocycles. The van der Waals surface area contributed by atoms with Crippen LogP contribution in [0.1, 0.15) is 16.2 Å². The molecule has 4 rings (SSSR count). The van der Waals surface area contributed by atoms with E-state index < -0.39 is 0 Å². The molecule has 9 heteroatoms. The van der Waals surface area contributed by atoms with Crippen LogP contribution in [-0.4, -0.2) is 65.0 Å². The Hall–Kier alpha value is -3.17. The number of benzene rings is 1. The molecule has 0 radical (unpaired) electrons. The summed E-state index contributed by atoms with van der Waals surface area (Å²) in [7, 11) is 2.02. The van der Waals surface area contributed by atoms with Crippen molar-refractivity contribution in [3.8, 4) is 0 Å². The first kappa shape index (κ1) is 20.1. The van der Waals surface area contributed by atoms with E-state index in [1.807, 2.05) is 37.1 Å². The zero-order chi connectivity index (χ0) is 21.1. The summed E-state index contributed by atoms with van der Waals surface area (Å²) < 4.78 is 7.50. The highest BCUT2D eigenvalue weighted by Gasteiger charge is 2.18. The fraction of sp³-hybridized carbons (Fsp3) is 0.381. The fourth-order valence-corrected chi connectivity index (χ4v) is 3.49. The number of nitrogens with zero attached hydrogens (tertiary/aromatic N) is 4. The lowest BCUT2D eigenvalue weighted by Crippen LogP contribution is -2.37. The van der Waals surface area contributed by atoms with Gasteiger partial charge in [-0.05, 0) is 31.2 Å². The smallest absolute Gasteiger partial charge is 0.274 e. The van der Waals surface area contributed by atoms with E-state index in [0.717, 1.165) is 16.6 Å². The number of aromatic nitrogens is 3. The predicted molar refractivity (Wildman–Crippen MR) is 116 cm³/mol. The molecule has 1 aliphatic heterocycles. The maximum Gasteiger partial charge on any atom is 0.274 e. The van der Waals surface area contributed by atoms with Gasteiger partial charge < -0.3 is 29.9 Å². The zero-order valence-electron chi connectivity index (χ0n) is 17.2. The van der Waals surface area contributed by atoms with E-state index in [1.165, 1.54) is 0 Å². The lowest BCUT2D eigenvalue weighted by Gasteiger charge is -2.27. The van der Waals surface area contributed by atoms with E-state index in [2.05, 4.69) is 31.2 Å². The van der Waals surface area contributed by atoms with Gasteiger partial charge in [0, 0.05) is 55.0 Å². The fourth-order valence-electron chi connectivity index (χ4n) is 3.49. The highest BCUT2D eigenvalue weighted by molar-refractivity contribution is 6.04. The SMILES string of the molecule is Cc1cc2cc(NC(=O)c3cc(NCCO)nc(N4CCOCC4)n3)ccc2n1C. The van der Waals surface area contributed by atoms with Gasteiger partial charge in [0.2, 0.25) is 5.95 Å². The number of carbonyl (C=O) groups is 1. The summed E-state index contributed by atoms with van der Waals surface area (Å²) in [4.78, 5) is 23.9. The quantitative estimate of drug-likeness (QED) is 0.569. The second kappa shape index (κ2) is 8.68. The second-order valence-electron chi connectivity index (χ2n) is 7.26. The predicted octanol–water partition coefficient (Wildman–Crippen LogP) is 1.77. The first-order valence-electron chi connectivity index (χ1n) is 9.99. The van der Waals surface area contributed by atoms with E-state index in [4.69, 9.17) is 9.84 Å². The molecule has 0 atom stereocenters. The minimum atomic E-state index is -0.314. The van der Waals surface area contributed by atoms with Gasteiger partial charge >= 0.3 is 0 Å². The Morgan fingerprint density at radius 1 is 1.20 bits per heavy atom. The lowest BCUT2D eigenvalue weighted by atomic mass is 10.2. The maximum atomic E-state index is 13.0. The van der Waals surface area contributed by atoms with Crippen LogP contribution in [0, 0.1) is 6.92 Å². The molecule has 1 saturated heterocycles. The first-order chi connectivity index (χ1) is 14.5. The highest BCUT2D eigenvalue weighted by Crippen LogP contribution is 2.23. The van der Waals surface area contributed by atoms with Crippen LogP contribution in [-0.2, 0) is 11.8 Å². The number of anilines is 3.